The van der Waals surface area contributed by atoms with Crippen LogP contribution in [0, 0.1) is 5.92 Å². The van der Waals surface area contributed by atoms with Crippen LogP contribution in [0.1, 0.15) is 6.42 Å². The monoisotopic (exact) mass is 129 g/mol. The van der Waals surface area contributed by atoms with Crippen molar-refractivity contribution >= 4 is 11.8 Å². The van der Waals surface area contributed by atoms with Crippen LogP contribution in [0.5, 0.6) is 0 Å². The van der Waals surface area contributed by atoms with Crippen LogP contribution in [0.15, 0.2) is 0 Å². The molecule has 1 nitrogen and oxygen atoms in total. The Kier molecular flexibility index (Phi) is 1.23. The number of rotatable bonds is 0. The maximum atomic E-state index is 3.50. The van der Waals surface area contributed by atoms with Crippen LogP contribution in [-0.2, 0) is 0 Å². The SMILES string of the molecule is C1CC2CSCC2N1. The van der Waals surface area contributed by atoms with Crippen molar-refractivity contribution in [2.45, 2.75) is 12.5 Å². The Morgan fingerprint density at radius 3 is 3.25 bits per heavy atom. The van der Waals surface area contributed by atoms with Crippen molar-refractivity contribution < 1.29 is 0 Å². The van der Waals surface area contributed by atoms with Crippen molar-refractivity contribution in [2.75, 3.05) is 18.1 Å². The third kappa shape index (κ3) is 0.669. The summed E-state index contributed by atoms with van der Waals surface area (Å²) in [6.45, 7) is 1.27. The largest absolute Gasteiger partial charge is 0.313 e. The molecule has 0 amide bonds. The highest BCUT2D eigenvalue weighted by Crippen LogP contribution is 2.29. The molecule has 46 valence electrons. The molecule has 2 heterocycles. The predicted molar refractivity (Wildman–Crippen MR) is 37.2 cm³/mol. The van der Waals surface area contributed by atoms with Crippen molar-refractivity contribution in [2.24, 2.45) is 5.92 Å². The molecule has 0 aliphatic carbocycles. The molecule has 0 saturated carbocycles. The number of thioether (sulfide) groups is 1. The summed E-state index contributed by atoms with van der Waals surface area (Å²) in [4.78, 5) is 0. The minimum Gasteiger partial charge on any atom is -0.313 e. The molecule has 2 rings (SSSR count). The Morgan fingerprint density at radius 2 is 2.38 bits per heavy atom. The van der Waals surface area contributed by atoms with E-state index in [1.807, 2.05) is 0 Å². The quantitative estimate of drug-likeness (QED) is 0.517. The second kappa shape index (κ2) is 1.92. The normalized spacial score (nSPS) is 45.0. The maximum absolute atomic E-state index is 3.50. The van der Waals surface area contributed by atoms with Crippen molar-refractivity contribution in [3.05, 3.63) is 0 Å². The van der Waals surface area contributed by atoms with E-state index in [0.717, 1.165) is 12.0 Å². The second-order valence-electron chi connectivity index (χ2n) is 2.65. The highest BCUT2D eigenvalue weighted by molar-refractivity contribution is 7.99. The van der Waals surface area contributed by atoms with Crippen molar-refractivity contribution in [3.63, 3.8) is 0 Å². The van der Waals surface area contributed by atoms with Gasteiger partial charge in [-0.1, -0.05) is 0 Å². The van der Waals surface area contributed by atoms with Crippen molar-refractivity contribution in [1.82, 2.24) is 5.32 Å². The molecule has 2 fully saturated rings. The Bertz CT molecular complexity index is 74.5. The Labute approximate surface area is 54.2 Å². The number of hydrogen-bond donors (Lipinski definition) is 1. The summed E-state index contributed by atoms with van der Waals surface area (Å²) in [5, 5.41) is 3.50. The van der Waals surface area contributed by atoms with Crippen LogP contribution in [0.25, 0.3) is 0 Å². The minimum absolute atomic E-state index is 0.889. The van der Waals surface area contributed by atoms with E-state index < -0.39 is 0 Å². The van der Waals surface area contributed by atoms with Crippen LogP contribution >= 0.6 is 11.8 Å². The van der Waals surface area contributed by atoms with Gasteiger partial charge < -0.3 is 5.32 Å². The number of fused-ring (bicyclic) bond motifs is 1. The fourth-order valence-corrected chi connectivity index (χ4v) is 3.04. The minimum atomic E-state index is 0.889. The van der Waals surface area contributed by atoms with Crippen LogP contribution in [0.3, 0.4) is 0 Å². The molecule has 0 bridgehead atoms. The van der Waals surface area contributed by atoms with Crippen molar-refractivity contribution in [1.29, 1.82) is 0 Å². The fraction of sp³-hybridized carbons (Fsp3) is 1.00. The van der Waals surface area contributed by atoms with E-state index in [4.69, 9.17) is 0 Å². The lowest BCUT2D eigenvalue weighted by molar-refractivity contribution is 0.556. The molecule has 1 N–H and O–H groups in total. The van der Waals surface area contributed by atoms with E-state index in [1.54, 1.807) is 0 Å². The molecule has 2 aliphatic rings. The first-order valence-corrected chi connectivity index (χ1v) is 4.43. The Morgan fingerprint density at radius 1 is 1.38 bits per heavy atom. The van der Waals surface area contributed by atoms with Gasteiger partial charge in [0.15, 0.2) is 0 Å². The highest BCUT2D eigenvalue weighted by atomic mass is 32.2. The molecule has 0 aromatic carbocycles. The summed E-state index contributed by atoms with van der Waals surface area (Å²) in [5.74, 6) is 3.81. The summed E-state index contributed by atoms with van der Waals surface area (Å²) in [7, 11) is 0. The average Bonchev–Trinajstić information content (AvgIpc) is 2.15. The van der Waals surface area contributed by atoms with Gasteiger partial charge in [-0.25, -0.2) is 0 Å². The topological polar surface area (TPSA) is 12.0 Å². The molecule has 2 unspecified atom stereocenters. The summed E-state index contributed by atoms with van der Waals surface area (Å²) in [6, 6.07) is 0.889. The van der Waals surface area contributed by atoms with Gasteiger partial charge in [-0.05, 0) is 24.6 Å². The second-order valence-corrected chi connectivity index (χ2v) is 3.72. The molecule has 2 atom stereocenters. The molecule has 2 aliphatic heterocycles. The number of nitrogens with one attached hydrogen (secondary N) is 1. The molecule has 2 heteroatoms. The van der Waals surface area contributed by atoms with E-state index in [2.05, 4.69) is 17.1 Å². The first-order chi connectivity index (χ1) is 3.97. The molecule has 0 aromatic heterocycles. The van der Waals surface area contributed by atoms with Gasteiger partial charge in [0.25, 0.3) is 0 Å². The zero-order valence-corrected chi connectivity index (χ0v) is 5.71. The lowest BCUT2D eigenvalue weighted by Crippen LogP contribution is -2.25. The lowest BCUT2D eigenvalue weighted by atomic mass is 10.1. The van der Waals surface area contributed by atoms with Gasteiger partial charge in [0.1, 0.15) is 0 Å². The summed E-state index contributed by atoms with van der Waals surface area (Å²) < 4.78 is 0. The van der Waals surface area contributed by atoms with Crippen LogP contribution in [0.4, 0.5) is 0 Å². The molecule has 8 heavy (non-hydrogen) atoms. The zero-order chi connectivity index (χ0) is 5.40. The van der Waals surface area contributed by atoms with E-state index in [9.17, 15) is 0 Å². The zero-order valence-electron chi connectivity index (χ0n) is 4.89. The molecule has 2 saturated heterocycles. The summed E-state index contributed by atoms with van der Waals surface area (Å²) in [5.41, 5.74) is 0. The predicted octanol–water partition coefficient (Wildman–Crippen LogP) is 0.711. The lowest BCUT2D eigenvalue weighted by Gasteiger charge is -2.04. The van der Waals surface area contributed by atoms with Gasteiger partial charge in [0, 0.05) is 11.8 Å². The summed E-state index contributed by atoms with van der Waals surface area (Å²) >= 11 is 2.10. The average molecular weight is 129 g/mol. The third-order valence-electron chi connectivity index (χ3n) is 2.12. The van der Waals surface area contributed by atoms with Gasteiger partial charge in [-0.3, -0.25) is 0 Å². The van der Waals surface area contributed by atoms with Crippen LogP contribution < -0.4 is 5.32 Å². The fourth-order valence-electron chi connectivity index (χ4n) is 1.56. The Hall–Kier alpha value is 0.310. The maximum Gasteiger partial charge on any atom is 0.0194 e. The first-order valence-electron chi connectivity index (χ1n) is 3.28. The van der Waals surface area contributed by atoms with Gasteiger partial charge in [-0.15, -0.1) is 0 Å². The molecular formula is C6H11NS. The highest BCUT2D eigenvalue weighted by Gasteiger charge is 2.31. The Balaban J connectivity index is 2.04. The van der Waals surface area contributed by atoms with Gasteiger partial charge in [0.05, 0.1) is 0 Å². The smallest absolute Gasteiger partial charge is 0.0194 e. The third-order valence-corrected chi connectivity index (χ3v) is 3.38. The van der Waals surface area contributed by atoms with Crippen LogP contribution in [0.2, 0.25) is 0 Å². The van der Waals surface area contributed by atoms with E-state index >= 15 is 0 Å². The summed E-state index contributed by atoms with van der Waals surface area (Å²) in [6.07, 6.45) is 1.43. The molecule has 0 spiro atoms. The van der Waals surface area contributed by atoms with E-state index in [0.29, 0.717) is 0 Å². The van der Waals surface area contributed by atoms with Crippen LogP contribution in [-0.4, -0.2) is 24.1 Å². The molecule has 0 radical (unpaired) electrons. The first kappa shape index (κ1) is 5.12. The molecular weight excluding hydrogens is 118 g/mol. The molecule has 0 aromatic rings. The van der Waals surface area contributed by atoms with Gasteiger partial charge in [0.2, 0.25) is 0 Å². The van der Waals surface area contributed by atoms with Gasteiger partial charge >= 0.3 is 0 Å². The van der Waals surface area contributed by atoms with E-state index in [1.165, 1.54) is 24.5 Å². The number of hydrogen-bond acceptors (Lipinski definition) is 2. The van der Waals surface area contributed by atoms with Gasteiger partial charge in [-0.2, -0.15) is 11.8 Å². The van der Waals surface area contributed by atoms with Crippen molar-refractivity contribution in [3.8, 4) is 0 Å². The standard InChI is InChI=1S/C6H11NS/c1-2-7-6-4-8-3-5(1)6/h5-7H,1-4H2. The van der Waals surface area contributed by atoms with E-state index in [-0.39, 0.29) is 0 Å².